The van der Waals surface area contributed by atoms with Crippen LogP contribution in [0.5, 0.6) is 5.75 Å². The number of ether oxygens (including phenoxy) is 2. The molecule has 1 aliphatic rings. The summed E-state index contributed by atoms with van der Waals surface area (Å²) in [5.74, 6) is 0.721. The smallest absolute Gasteiger partial charge is 0.169 e. The molecule has 0 radical (unpaired) electrons. The third-order valence-electron chi connectivity index (χ3n) is 3.22. The fraction of sp³-hybridized carbons (Fsp3) is 0.500. The summed E-state index contributed by atoms with van der Waals surface area (Å²) in [7, 11) is 1.59. The number of ketones is 1. The number of carbonyl (C=O) groups is 1. The summed E-state index contributed by atoms with van der Waals surface area (Å²) in [4.78, 5) is 12.3. The number of carbonyl (C=O) groups excluding carboxylic acids is 1. The van der Waals surface area contributed by atoms with Gasteiger partial charge in [0.2, 0.25) is 0 Å². The minimum atomic E-state index is 0.0716. The van der Waals surface area contributed by atoms with Crippen LogP contribution in [0.4, 0.5) is 0 Å². The second-order valence-electron chi connectivity index (χ2n) is 4.56. The van der Waals surface area contributed by atoms with Crippen molar-refractivity contribution in [3.8, 4) is 5.75 Å². The van der Waals surface area contributed by atoms with Crippen molar-refractivity contribution in [2.75, 3.05) is 13.7 Å². The average Bonchev–Trinajstić information content (AvgIpc) is 2.84. The quantitative estimate of drug-likeness (QED) is 0.798. The van der Waals surface area contributed by atoms with Gasteiger partial charge in [0.25, 0.3) is 0 Å². The number of benzene rings is 1. The zero-order chi connectivity index (χ0) is 13.1. The van der Waals surface area contributed by atoms with E-state index >= 15 is 0 Å². The highest BCUT2D eigenvalue weighted by atomic mass is 79.9. The lowest BCUT2D eigenvalue weighted by atomic mass is 10.0. The molecule has 0 aromatic heterocycles. The van der Waals surface area contributed by atoms with Gasteiger partial charge in [-0.15, -0.1) is 0 Å². The van der Waals surface area contributed by atoms with Crippen molar-refractivity contribution in [3.05, 3.63) is 27.7 Å². The summed E-state index contributed by atoms with van der Waals surface area (Å²) in [5.41, 5.74) is 1.69. The molecule has 0 bridgehead atoms. The van der Waals surface area contributed by atoms with Crippen molar-refractivity contribution in [2.24, 2.45) is 0 Å². The molecule has 18 heavy (non-hydrogen) atoms. The molecule has 0 N–H and O–H groups in total. The Morgan fingerprint density at radius 2 is 2.33 bits per heavy atom. The second-order valence-corrected chi connectivity index (χ2v) is 5.42. The lowest BCUT2D eigenvalue weighted by molar-refractivity contribution is 0.0773. The molecule has 4 heteroatoms. The minimum absolute atomic E-state index is 0.0716. The molecule has 0 spiro atoms. The van der Waals surface area contributed by atoms with Crippen LogP contribution in [-0.4, -0.2) is 25.6 Å². The summed E-state index contributed by atoms with van der Waals surface area (Å²) < 4.78 is 11.7. The van der Waals surface area contributed by atoms with Gasteiger partial charge >= 0.3 is 0 Å². The number of Topliss-reactive ketones (excluding diaryl/α,β-unsaturated/α-hetero) is 1. The van der Waals surface area contributed by atoms with E-state index in [0.717, 1.165) is 29.5 Å². The van der Waals surface area contributed by atoms with Crippen molar-refractivity contribution < 1.29 is 14.3 Å². The number of hydrogen-bond donors (Lipinski definition) is 0. The van der Waals surface area contributed by atoms with Gasteiger partial charge in [-0.3, -0.25) is 4.79 Å². The standard InChI is InChI=1S/C14H17BrO3/c1-9-6-14(17-2)11(8-12(9)15)13(16)7-10-4-3-5-18-10/h6,8,10H,3-5,7H2,1-2H3. The number of aryl methyl sites for hydroxylation is 1. The van der Waals surface area contributed by atoms with Crippen LogP contribution >= 0.6 is 15.9 Å². The lowest BCUT2D eigenvalue weighted by Gasteiger charge is -2.12. The SMILES string of the molecule is COc1cc(C)c(Br)cc1C(=O)CC1CCCO1. The molecule has 1 atom stereocenters. The highest BCUT2D eigenvalue weighted by Crippen LogP contribution is 2.29. The summed E-state index contributed by atoms with van der Waals surface area (Å²) in [6.45, 7) is 2.74. The molecular weight excluding hydrogens is 296 g/mol. The van der Waals surface area contributed by atoms with E-state index < -0.39 is 0 Å². The summed E-state index contributed by atoms with van der Waals surface area (Å²) in [5, 5.41) is 0. The van der Waals surface area contributed by atoms with Crippen molar-refractivity contribution in [3.63, 3.8) is 0 Å². The predicted octanol–water partition coefficient (Wildman–Crippen LogP) is 3.52. The van der Waals surface area contributed by atoms with Crippen LogP contribution in [0.2, 0.25) is 0 Å². The molecule has 1 aliphatic heterocycles. The van der Waals surface area contributed by atoms with E-state index in [1.54, 1.807) is 7.11 Å². The Morgan fingerprint density at radius 3 is 2.94 bits per heavy atom. The first-order valence-electron chi connectivity index (χ1n) is 6.10. The second kappa shape index (κ2) is 5.85. The number of rotatable bonds is 4. The zero-order valence-corrected chi connectivity index (χ0v) is 12.2. The number of hydrogen-bond acceptors (Lipinski definition) is 3. The van der Waals surface area contributed by atoms with E-state index in [1.165, 1.54) is 0 Å². The van der Waals surface area contributed by atoms with Crippen LogP contribution in [0.15, 0.2) is 16.6 Å². The first kappa shape index (κ1) is 13.6. The molecule has 1 aromatic rings. The van der Waals surface area contributed by atoms with Crippen LogP contribution in [0.3, 0.4) is 0 Å². The molecule has 0 amide bonds. The molecule has 1 unspecified atom stereocenters. The molecule has 2 rings (SSSR count). The zero-order valence-electron chi connectivity index (χ0n) is 10.7. The average molecular weight is 313 g/mol. The van der Waals surface area contributed by atoms with E-state index in [9.17, 15) is 4.79 Å². The van der Waals surface area contributed by atoms with Crippen molar-refractivity contribution >= 4 is 21.7 Å². The molecule has 0 saturated carbocycles. The highest BCUT2D eigenvalue weighted by molar-refractivity contribution is 9.10. The Hall–Kier alpha value is -0.870. The summed E-state index contributed by atoms with van der Waals surface area (Å²) in [6.07, 6.45) is 2.53. The molecule has 1 saturated heterocycles. The minimum Gasteiger partial charge on any atom is -0.496 e. The molecule has 1 heterocycles. The third kappa shape index (κ3) is 2.93. The lowest BCUT2D eigenvalue weighted by Crippen LogP contribution is -2.13. The topological polar surface area (TPSA) is 35.5 Å². The Kier molecular flexibility index (Phi) is 4.40. The van der Waals surface area contributed by atoms with E-state index in [1.807, 2.05) is 19.1 Å². The summed E-state index contributed by atoms with van der Waals surface area (Å²) >= 11 is 3.45. The predicted molar refractivity (Wildman–Crippen MR) is 73.4 cm³/mol. The van der Waals surface area contributed by atoms with Crippen LogP contribution in [-0.2, 0) is 4.74 Å². The highest BCUT2D eigenvalue weighted by Gasteiger charge is 2.22. The van der Waals surface area contributed by atoms with Crippen LogP contribution < -0.4 is 4.74 Å². The van der Waals surface area contributed by atoms with Gasteiger partial charge in [-0.25, -0.2) is 0 Å². The van der Waals surface area contributed by atoms with Gasteiger partial charge in [0, 0.05) is 17.5 Å². The van der Waals surface area contributed by atoms with Crippen molar-refractivity contribution in [1.82, 2.24) is 0 Å². The van der Waals surface area contributed by atoms with E-state index in [-0.39, 0.29) is 11.9 Å². The number of methoxy groups -OCH3 is 1. The Labute approximate surface area is 116 Å². The van der Waals surface area contributed by atoms with Crippen LogP contribution in [0, 0.1) is 6.92 Å². The number of halogens is 1. The van der Waals surface area contributed by atoms with Crippen molar-refractivity contribution in [2.45, 2.75) is 32.3 Å². The molecule has 98 valence electrons. The fourth-order valence-corrected chi connectivity index (χ4v) is 2.51. The van der Waals surface area contributed by atoms with Gasteiger partial charge in [0.1, 0.15) is 5.75 Å². The molecule has 3 nitrogen and oxygen atoms in total. The third-order valence-corrected chi connectivity index (χ3v) is 4.07. The van der Waals surface area contributed by atoms with Gasteiger partial charge in [0.05, 0.1) is 18.8 Å². The summed E-state index contributed by atoms with van der Waals surface area (Å²) in [6, 6.07) is 3.72. The fourth-order valence-electron chi connectivity index (χ4n) is 2.16. The van der Waals surface area contributed by atoms with Crippen molar-refractivity contribution in [1.29, 1.82) is 0 Å². The monoisotopic (exact) mass is 312 g/mol. The van der Waals surface area contributed by atoms with E-state index in [4.69, 9.17) is 9.47 Å². The van der Waals surface area contributed by atoms with Gasteiger partial charge in [-0.1, -0.05) is 15.9 Å². The largest absolute Gasteiger partial charge is 0.496 e. The Balaban J connectivity index is 2.20. The Morgan fingerprint density at radius 1 is 1.56 bits per heavy atom. The maximum atomic E-state index is 12.3. The molecule has 1 aromatic carbocycles. The first-order valence-corrected chi connectivity index (χ1v) is 6.90. The van der Waals surface area contributed by atoms with Gasteiger partial charge in [0.15, 0.2) is 5.78 Å². The van der Waals surface area contributed by atoms with Gasteiger partial charge in [-0.05, 0) is 37.5 Å². The van der Waals surface area contributed by atoms with E-state index in [2.05, 4.69) is 15.9 Å². The van der Waals surface area contributed by atoms with E-state index in [0.29, 0.717) is 17.7 Å². The molecule has 1 fully saturated rings. The normalized spacial score (nSPS) is 18.9. The van der Waals surface area contributed by atoms with Crippen LogP contribution in [0.25, 0.3) is 0 Å². The molecular formula is C14H17BrO3. The first-order chi connectivity index (χ1) is 8.61. The van der Waals surface area contributed by atoms with Gasteiger partial charge in [-0.2, -0.15) is 0 Å². The Bertz CT molecular complexity index is 451. The maximum Gasteiger partial charge on any atom is 0.169 e. The maximum absolute atomic E-state index is 12.3. The van der Waals surface area contributed by atoms with Crippen LogP contribution in [0.1, 0.15) is 35.2 Å². The molecule has 0 aliphatic carbocycles. The van der Waals surface area contributed by atoms with Gasteiger partial charge < -0.3 is 9.47 Å².